The molecule has 0 saturated heterocycles. The van der Waals surface area contributed by atoms with Crippen LogP contribution in [0.3, 0.4) is 0 Å². The Bertz CT molecular complexity index is 535. The first-order chi connectivity index (χ1) is 7.22. The van der Waals surface area contributed by atoms with Gasteiger partial charge in [-0.3, -0.25) is 9.36 Å². The van der Waals surface area contributed by atoms with Crippen LogP contribution in [0.5, 0.6) is 0 Å². The summed E-state index contributed by atoms with van der Waals surface area (Å²) in [6.07, 6.45) is 0. The van der Waals surface area contributed by atoms with Gasteiger partial charge in [-0.25, -0.2) is 4.79 Å². The smallest absolute Gasteiger partial charge is 0.306 e. The van der Waals surface area contributed by atoms with E-state index in [1.54, 1.807) is 6.92 Å². The van der Waals surface area contributed by atoms with Gasteiger partial charge in [-0.15, -0.1) is 11.3 Å². The topological polar surface area (TPSA) is 54.9 Å². The molecule has 0 aliphatic rings. The lowest BCUT2D eigenvalue weighted by Gasteiger charge is -2.01. The summed E-state index contributed by atoms with van der Waals surface area (Å²) in [4.78, 5) is 26.6. The third-order valence-electron chi connectivity index (χ3n) is 2.12. The standard InChI is InChI=1S/C10H10N2O2S/c1-2-12-9(13)6-7(11-10(12)14)8-4-3-5-15-8/h3-6H,2H2,1H3,(H,11,14). The molecule has 2 aromatic heterocycles. The van der Waals surface area contributed by atoms with E-state index in [9.17, 15) is 9.59 Å². The van der Waals surface area contributed by atoms with Gasteiger partial charge in [0.2, 0.25) is 0 Å². The summed E-state index contributed by atoms with van der Waals surface area (Å²) >= 11 is 1.49. The maximum atomic E-state index is 11.5. The van der Waals surface area contributed by atoms with Gasteiger partial charge >= 0.3 is 5.69 Å². The molecule has 0 spiro atoms. The maximum absolute atomic E-state index is 11.5. The molecular weight excluding hydrogens is 212 g/mol. The van der Waals surface area contributed by atoms with Crippen molar-refractivity contribution < 1.29 is 0 Å². The van der Waals surface area contributed by atoms with E-state index in [-0.39, 0.29) is 11.2 Å². The molecule has 0 aliphatic carbocycles. The number of hydrogen-bond acceptors (Lipinski definition) is 3. The van der Waals surface area contributed by atoms with Crippen LogP contribution in [0.25, 0.3) is 10.6 Å². The minimum absolute atomic E-state index is 0.260. The van der Waals surface area contributed by atoms with Crippen LogP contribution in [0.2, 0.25) is 0 Å². The van der Waals surface area contributed by atoms with E-state index in [2.05, 4.69) is 4.98 Å². The summed E-state index contributed by atoms with van der Waals surface area (Å²) in [6, 6.07) is 5.20. The summed E-state index contributed by atoms with van der Waals surface area (Å²) in [6.45, 7) is 2.15. The maximum Gasteiger partial charge on any atom is 0.328 e. The van der Waals surface area contributed by atoms with Crippen LogP contribution in [0.4, 0.5) is 0 Å². The Kier molecular flexibility index (Phi) is 2.55. The Morgan fingerprint density at radius 3 is 2.80 bits per heavy atom. The normalized spacial score (nSPS) is 10.5. The first-order valence-corrected chi connectivity index (χ1v) is 5.48. The Labute approximate surface area is 89.8 Å². The lowest BCUT2D eigenvalue weighted by Crippen LogP contribution is -2.34. The zero-order chi connectivity index (χ0) is 10.8. The van der Waals surface area contributed by atoms with Crippen LogP contribution in [-0.2, 0) is 6.54 Å². The summed E-state index contributed by atoms with van der Waals surface area (Å²) in [7, 11) is 0. The fourth-order valence-corrected chi connectivity index (χ4v) is 2.08. The molecule has 0 radical (unpaired) electrons. The molecule has 2 aromatic rings. The number of hydrogen-bond donors (Lipinski definition) is 1. The van der Waals surface area contributed by atoms with Crippen molar-refractivity contribution in [2.24, 2.45) is 0 Å². The van der Waals surface area contributed by atoms with Crippen molar-refractivity contribution in [1.82, 2.24) is 9.55 Å². The summed E-state index contributed by atoms with van der Waals surface area (Å²) in [5.41, 5.74) is -0.0252. The van der Waals surface area contributed by atoms with Crippen LogP contribution in [-0.4, -0.2) is 9.55 Å². The zero-order valence-corrected chi connectivity index (χ0v) is 9.00. The highest BCUT2D eigenvalue weighted by atomic mass is 32.1. The number of rotatable bonds is 2. The van der Waals surface area contributed by atoms with E-state index in [1.807, 2.05) is 17.5 Å². The van der Waals surface area contributed by atoms with Gasteiger partial charge in [-0.2, -0.15) is 0 Å². The van der Waals surface area contributed by atoms with E-state index in [0.717, 1.165) is 9.44 Å². The number of aromatic nitrogens is 2. The third kappa shape index (κ3) is 1.78. The van der Waals surface area contributed by atoms with E-state index >= 15 is 0 Å². The average Bonchev–Trinajstić information content (AvgIpc) is 2.69. The molecule has 78 valence electrons. The molecule has 0 saturated carbocycles. The highest BCUT2D eigenvalue weighted by Crippen LogP contribution is 2.19. The highest BCUT2D eigenvalue weighted by molar-refractivity contribution is 7.13. The van der Waals surface area contributed by atoms with Gasteiger partial charge in [0.15, 0.2) is 0 Å². The summed E-state index contributed by atoms with van der Waals surface area (Å²) in [5.74, 6) is 0. The van der Waals surface area contributed by atoms with Gasteiger partial charge in [0.1, 0.15) is 0 Å². The second kappa shape index (κ2) is 3.86. The van der Waals surface area contributed by atoms with E-state index in [0.29, 0.717) is 12.2 Å². The van der Waals surface area contributed by atoms with Crippen molar-refractivity contribution in [2.45, 2.75) is 13.5 Å². The molecule has 2 rings (SSSR count). The molecule has 0 atom stereocenters. The molecule has 5 heteroatoms. The monoisotopic (exact) mass is 222 g/mol. The molecule has 1 N–H and O–H groups in total. The lowest BCUT2D eigenvalue weighted by molar-refractivity contribution is 0.674. The molecule has 4 nitrogen and oxygen atoms in total. The molecule has 0 aliphatic heterocycles. The van der Waals surface area contributed by atoms with Crippen molar-refractivity contribution in [3.05, 3.63) is 44.4 Å². The van der Waals surface area contributed by atoms with E-state index in [4.69, 9.17) is 0 Å². The predicted octanol–water partition coefficient (Wildman–Crippen LogP) is 1.28. The number of nitrogens with zero attached hydrogens (tertiary/aromatic N) is 1. The van der Waals surface area contributed by atoms with Crippen LogP contribution in [0.15, 0.2) is 33.2 Å². The number of thiophene rings is 1. The summed E-state index contributed by atoms with van der Waals surface area (Å²) in [5, 5.41) is 1.90. The molecular formula is C10H10N2O2S. The van der Waals surface area contributed by atoms with Crippen molar-refractivity contribution in [3.8, 4) is 10.6 Å². The van der Waals surface area contributed by atoms with Gasteiger partial charge < -0.3 is 4.98 Å². The van der Waals surface area contributed by atoms with Gasteiger partial charge in [-0.1, -0.05) is 6.07 Å². The van der Waals surface area contributed by atoms with Gasteiger partial charge in [-0.05, 0) is 18.4 Å². The van der Waals surface area contributed by atoms with Crippen molar-refractivity contribution >= 4 is 11.3 Å². The zero-order valence-electron chi connectivity index (χ0n) is 8.19. The predicted molar refractivity (Wildman–Crippen MR) is 60.3 cm³/mol. The molecule has 0 fully saturated rings. The number of H-pyrrole nitrogens is 1. The van der Waals surface area contributed by atoms with Crippen LogP contribution in [0, 0.1) is 0 Å². The second-order valence-corrected chi connectivity index (χ2v) is 4.00. The molecule has 15 heavy (non-hydrogen) atoms. The number of nitrogens with one attached hydrogen (secondary N) is 1. The Morgan fingerprint density at radius 2 is 2.27 bits per heavy atom. The van der Waals surface area contributed by atoms with Crippen LogP contribution in [0.1, 0.15) is 6.92 Å². The Balaban J connectivity index is 2.64. The largest absolute Gasteiger partial charge is 0.328 e. The second-order valence-electron chi connectivity index (χ2n) is 3.05. The van der Waals surface area contributed by atoms with Crippen LogP contribution < -0.4 is 11.2 Å². The first-order valence-electron chi connectivity index (χ1n) is 4.60. The minimum Gasteiger partial charge on any atom is -0.306 e. The van der Waals surface area contributed by atoms with Crippen molar-refractivity contribution in [1.29, 1.82) is 0 Å². The third-order valence-corrected chi connectivity index (χ3v) is 3.03. The van der Waals surface area contributed by atoms with Gasteiger partial charge in [0.05, 0.1) is 10.6 Å². The molecule has 2 heterocycles. The molecule has 0 unspecified atom stereocenters. The Morgan fingerprint density at radius 1 is 1.47 bits per heavy atom. The first kappa shape index (κ1) is 9.92. The van der Waals surface area contributed by atoms with Gasteiger partial charge in [0.25, 0.3) is 5.56 Å². The Hall–Kier alpha value is -1.62. The fraction of sp³-hybridized carbons (Fsp3) is 0.200. The van der Waals surface area contributed by atoms with Gasteiger partial charge in [0, 0.05) is 12.6 Å². The van der Waals surface area contributed by atoms with Crippen molar-refractivity contribution in [2.75, 3.05) is 0 Å². The van der Waals surface area contributed by atoms with Crippen LogP contribution >= 0.6 is 11.3 Å². The quantitative estimate of drug-likeness (QED) is 0.832. The number of aromatic amines is 1. The molecule has 0 bridgehead atoms. The molecule has 0 amide bonds. The average molecular weight is 222 g/mol. The van der Waals surface area contributed by atoms with E-state index < -0.39 is 0 Å². The lowest BCUT2D eigenvalue weighted by atomic mass is 10.3. The van der Waals surface area contributed by atoms with Crippen molar-refractivity contribution in [3.63, 3.8) is 0 Å². The molecule has 0 aromatic carbocycles. The SMILES string of the molecule is CCn1c(=O)cc(-c2cccs2)[nH]c1=O. The summed E-state index contributed by atoms with van der Waals surface area (Å²) < 4.78 is 1.16. The van der Waals surface area contributed by atoms with E-state index in [1.165, 1.54) is 17.4 Å². The highest BCUT2D eigenvalue weighted by Gasteiger charge is 2.04. The minimum atomic E-state index is -0.353. The fourth-order valence-electron chi connectivity index (χ4n) is 1.38.